The Morgan fingerprint density at radius 1 is 1.06 bits per heavy atom. The molecule has 33 heavy (non-hydrogen) atoms. The predicted molar refractivity (Wildman–Crippen MR) is 121 cm³/mol. The number of methoxy groups -OCH3 is 1. The van der Waals surface area contributed by atoms with Gasteiger partial charge in [0, 0.05) is 30.8 Å². The van der Waals surface area contributed by atoms with E-state index in [-0.39, 0.29) is 34.9 Å². The van der Waals surface area contributed by atoms with Crippen LogP contribution < -0.4 is 4.74 Å². The van der Waals surface area contributed by atoms with Crippen molar-refractivity contribution in [2.24, 2.45) is 0 Å². The van der Waals surface area contributed by atoms with E-state index in [4.69, 9.17) is 4.74 Å². The van der Waals surface area contributed by atoms with Crippen LogP contribution in [0.4, 0.5) is 4.39 Å². The second-order valence-electron chi connectivity index (χ2n) is 7.44. The molecule has 1 aromatic heterocycles. The molecular formula is C25H22FN3O4. The molecule has 0 aliphatic rings. The number of phenolic OH excluding ortho intramolecular Hbond substituents is 2. The molecule has 8 heteroatoms. The molecule has 1 heterocycles. The van der Waals surface area contributed by atoms with Crippen LogP contribution in [0.25, 0.3) is 16.9 Å². The molecular weight excluding hydrogens is 425 g/mol. The number of nitrogens with zero attached hydrogens (tertiary/aromatic N) is 3. The van der Waals surface area contributed by atoms with Gasteiger partial charge in [0.2, 0.25) is 0 Å². The van der Waals surface area contributed by atoms with Crippen molar-refractivity contribution in [3.8, 4) is 34.2 Å². The zero-order chi connectivity index (χ0) is 23.5. The monoisotopic (exact) mass is 447 g/mol. The van der Waals surface area contributed by atoms with E-state index in [0.29, 0.717) is 11.4 Å². The highest BCUT2D eigenvalue weighted by Gasteiger charge is 2.22. The Morgan fingerprint density at radius 2 is 1.79 bits per heavy atom. The van der Waals surface area contributed by atoms with E-state index >= 15 is 0 Å². The van der Waals surface area contributed by atoms with Crippen molar-refractivity contribution < 1.29 is 24.1 Å². The van der Waals surface area contributed by atoms with Gasteiger partial charge in [0.15, 0.2) is 0 Å². The van der Waals surface area contributed by atoms with Gasteiger partial charge < -0.3 is 19.8 Å². The van der Waals surface area contributed by atoms with Crippen LogP contribution in [0.5, 0.6) is 17.2 Å². The maximum absolute atomic E-state index is 14.4. The molecule has 7 nitrogen and oxygen atoms in total. The molecule has 3 aromatic carbocycles. The standard InChI is InChI=1S/C25H22FN3O4/c1-28(15-16-7-3-6-10-24(16)33-2)25(32)18-13-17(22(30)14-23(18)31)20-11-12-27-29(20)21-9-5-4-8-19(21)26/h3-14,30-31H,15H2,1-2H3. The fourth-order valence-corrected chi connectivity index (χ4v) is 3.64. The number of aromatic nitrogens is 2. The number of halogens is 1. The molecule has 0 fully saturated rings. The normalized spacial score (nSPS) is 10.8. The van der Waals surface area contributed by atoms with E-state index in [1.54, 1.807) is 44.5 Å². The van der Waals surface area contributed by atoms with E-state index < -0.39 is 11.7 Å². The van der Waals surface area contributed by atoms with Crippen LogP contribution in [0.15, 0.2) is 72.9 Å². The number of ether oxygens (including phenoxy) is 1. The van der Waals surface area contributed by atoms with Crippen molar-refractivity contribution in [2.45, 2.75) is 6.54 Å². The molecule has 0 saturated heterocycles. The van der Waals surface area contributed by atoms with Gasteiger partial charge in [-0.3, -0.25) is 4.79 Å². The number of aromatic hydroxyl groups is 2. The highest BCUT2D eigenvalue weighted by molar-refractivity contribution is 5.98. The van der Waals surface area contributed by atoms with Gasteiger partial charge >= 0.3 is 0 Å². The second kappa shape index (κ2) is 9.04. The lowest BCUT2D eigenvalue weighted by Gasteiger charge is -2.20. The molecule has 0 aliphatic carbocycles. The smallest absolute Gasteiger partial charge is 0.257 e. The van der Waals surface area contributed by atoms with Crippen molar-refractivity contribution in [2.75, 3.05) is 14.2 Å². The Hall–Kier alpha value is -4.33. The fourth-order valence-electron chi connectivity index (χ4n) is 3.64. The third-order valence-electron chi connectivity index (χ3n) is 5.29. The van der Waals surface area contributed by atoms with Gasteiger partial charge in [0.05, 0.1) is 24.6 Å². The van der Waals surface area contributed by atoms with E-state index in [1.165, 1.54) is 27.9 Å². The number of carbonyl (C=O) groups excluding carboxylic acids is 1. The van der Waals surface area contributed by atoms with Crippen molar-refractivity contribution in [1.29, 1.82) is 0 Å². The van der Waals surface area contributed by atoms with Crippen molar-refractivity contribution >= 4 is 5.91 Å². The van der Waals surface area contributed by atoms with E-state index in [2.05, 4.69) is 5.10 Å². The summed E-state index contributed by atoms with van der Waals surface area (Å²) in [7, 11) is 3.15. The number of para-hydroxylation sites is 2. The summed E-state index contributed by atoms with van der Waals surface area (Å²) >= 11 is 0. The minimum absolute atomic E-state index is 0.0125. The first-order chi connectivity index (χ1) is 15.9. The molecule has 4 rings (SSSR count). The van der Waals surface area contributed by atoms with Gasteiger partial charge in [0.1, 0.15) is 28.8 Å². The first-order valence-corrected chi connectivity index (χ1v) is 10.1. The maximum Gasteiger partial charge on any atom is 0.257 e. The lowest BCUT2D eigenvalue weighted by Crippen LogP contribution is -2.26. The Kier molecular flexibility index (Phi) is 5.99. The SMILES string of the molecule is COc1ccccc1CN(C)C(=O)c1cc(-c2ccnn2-c2ccccc2F)c(O)cc1O. The van der Waals surface area contributed by atoms with Crippen LogP contribution in [-0.2, 0) is 6.54 Å². The summed E-state index contributed by atoms with van der Waals surface area (Å²) in [5, 5.41) is 25.1. The summed E-state index contributed by atoms with van der Waals surface area (Å²) in [6.45, 7) is 0.242. The number of rotatable bonds is 6. The first-order valence-electron chi connectivity index (χ1n) is 10.1. The van der Waals surface area contributed by atoms with Crippen LogP contribution in [0, 0.1) is 5.82 Å². The van der Waals surface area contributed by atoms with Gasteiger partial charge in [-0.15, -0.1) is 0 Å². The van der Waals surface area contributed by atoms with E-state index in [9.17, 15) is 19.4 Å². The molecule has 1 amide bonds. The molecule has 0 aliphatic heterocycles. The maximum atomic E-state index is 14.4. The Morgan fingerprint density at radius 3 is 2.55 bits per heavy atom. The summed E-state index contributed by atoms with van der Waals surface area (Å²) in [4.78, 5) is 14.6. The number of hydrogen-bond acceptors (Lipinski definition) is 5. The van der Waals surface area contributed by atoms with E-state index in [1.807, 2.05) is 18.2 Å². The summed E-state index contributed by atoms with van der Waals surface area (Å²) in [6, 6.07) is 17.5. The van der Waals surface area contributed by atoms with Gasteiger partial charge in [0.25, 0.3) is 5.91 Å². The summed E-state index contributed by atoms with van der Waals surface area (Å²) in [5.41, 5.74) is 1.56. The predicted octanol–water partition coefficient (Wildman–Crippen LogP) is 4.37. The molecule has 0 radical (unpaired) electrons. The Labute approximate surface area is 189 Å². The van der Waals surface area contributed by atoms with Crippen LogP contribution in [0.3, 0.4) is 0 Å². The zero-order valence-corrected chi connectivity index (χ0v) is 18.1. The fraction of sp³-hybridized carbons (Fsp3) is 0.120. The summed E-state index contributed by atoms with van der Waals surface area (Å²) in [6.07, 6.45) is 1.46. The average molecular weight is 447 g/mol. The third kappa shape index (κ3) is 4.23. The van der Waals surface area contributed by atoms with E-state index in [0.717, 1.165) is 11.6 Å². The quantitative estimate of drug-likeness (QED) is 0.458. The molecule has 2 N–H and O–H groups in total. The molecule has 0 unspecified atom stereocenters. The van der Waals surface area contributed by atoms with Crippen LogP contribution >= 0.6 is 0 Å². The average Bonchev–Trinajstić information content (AvgIpc) is 3.28. The van der Waals surface area contributed by atoms with Crippen molar-refractivity contribution in [1.82, 2.24) is 14.7 Å². The molecule has 0 spiro atoms. The molecule has 168 valence electrons. The number of phenols is 2. The van der Waals surface area contributed by atoms with Crippen molar-refractivity contribution in [3.05, 3.63) is 89.9 Å². The summed E-state index contributed by atoms with van der Waals surface area (Å²) in [5.74, 6) is -0.952. The second-order valence-corrected chi connectivity index (χ2v) is 7.44. The number of carbonyl (C=O) groups is 1. The number of hydrogen-bond donors (Lipinski definition) is 2. The number of benzene rings is 3. The van der Waals surface area contributed by atoms with Crippen LogP contribution in [-0.4, -0.2) is 45.0 Å². The first kappa shape index (κ1) is 21.9. The molecule has 0 bridgehead atoms. The van der Waals surface area contributed by atoms with Gasteiger partial charge in [-0.1, -0.05) is 30.3 Å². The lowest BCUT2D eigenvalue weighted by molar-refractivity contribution is 0.0781. The highest BCUT2D eigenvalue weighted by Crippen LogP contribution is 2.36. The summed E-state index contributed by atoms with van der Waals surface area (Å²) < 4.78 is 21.0. The zero-order valence-electron chi connectivity index (χ0n) is 18.1. The highest BCUT2D eigenvalue weighted by atomic mass is 19.1. The van der Waals surface area contributed by atoms with Gasteiger partial charge in [-0.05, 0) is 30.3 Å². The van der Waals surface area contributed by atoms with Gasteiger partial charge in [-0.2, -0.15) is 5.10 Å². The Bertz CT molecular complexity index is 1320. The third-order valence-corrected chi connectivity index (χ3v) is 5.29. The molecule has 0 saturated carbocycles. The van der Waals surface area contributed by atoms with Crippen molar-refractivity contribution in [3.63, 3.8) is 0 Å². The largest absolute Gasteiger partial charge is 0.507 e. The molecule has 0 atom stereocenters. The minimum Gasteiger partial charge on any atom is -0.507 e. The van der Waals surface area contributed by atoms with Crippen LogP contribution in [0.2, 0.25) is 0 Å². The van der Waals surface area contributed by atoms with Crippen LogP contribution in [0.1, 0.15) is 15.9 Å². The molecule has 4 aromatic rings. The Balaban J connectivity index is 1.71. The minimum atomic E-state index is -0.492. The number of amides is 1. The lowest BCUT2D eigenvalue weighted by atomic mass is 10.0. The topological polar surface area (TPSA) is 87.8 Å². The van der Waals surface area contributed by atoms with Gasteiger partial charge in [-0.25, -0.2) is 9.07 Å².